The van der Waals surface area contributed by atoms with E-state index in [0.29, 0.717) is 12.3 Å². The van der Waals surface area contributed by atoms with Gasteiger partial charge in [0.1, 0.15) is 11.6 Å². The number of hydrogen-bond donors (Lipinski definition) is 2. The Morgan fingerprint density at radius 3 is 2.84 bits per heavy atom. The molecule has 6 heteroatoms. The number of nitrogen functional groups attached to an aromatic ring is 1. The summed E-state index contributed by atoms with van der Waals surface area (Å²) in [4.78, 5) is 12.5. The molecule has 0 aliphatic carbocycles. The van der Waals surface area contributed by atoms with Crippen molar-refractivity contribution in [2.45, 2.75) is 6.54 Å². The van der Waals surface area contributed by atoms with E-state index in [4.69, 9.17) is 15.3 Å². The minimum atomic E-state index is -1.19. The number of anilines is 2. The number of carboxylic acid groups (broad SMARTS) is 1. The van der Waals surface area contributed by atoms with Gasteiger partial charge < -0.3 is 20.2 Å². The van der Waals surface area contributed by atoms with Crippen LogP contribution in [0.15, 0.2) is 34.9 Å². The van der Waals surface area contributed by atoms with Crippen molar-refractivity contribution < 1.29 is 18.7 Å². The summed E-state index contributed by atoms with van der Waals surface area (Å²) in [6, 6.07) is 5.71. The second-order valence-electron chi connectivity index (χ2n) is 4.13. The summed E-state index contributed by atoms with van der Waals surface area (Å²) in [5.74, 6) is -1.11. The number of halogens is 1. The van der Waals surface area contributed by atoms with Gasteiger partial charge in [-0.1, -0.05) is 0 Å². The van der Waals surface area contributed by atoms with Crippen LogP contribution in [0.25, 0.3) is 0 Å². The zero-order valence-corrected chi connectivity index (χ0v) is 10.3. The molecule has 0 fully saturated rings. The van der Waals surface area contributed by atoms with Crippen molar-refractivity contribution in [3.8, 4) is 0 Å². The van der Waals surface area contributed by atoms with Gasteiger partial charge in [-0.3, -0.25) is 0 Å². The lowest BCUT2D eigenvalue weighted by atomic mass is 10.1. The summed E-state index contributed by atoms with van der Waals surface area (Å²) >= 11 is 0. The molecule has 0 amide bonds. The average Bonchev–Trinajstić information content (AvgIpc) is 2.81. The molecule has 0 saturated carbocycles. The molecule has 19 heavy (non-hydrogen) atoms. The molecule has 0 radical (unpaired) electrons. The van der Waals surface area contributed by atoms with Crippen LogP contribution in [0.5, 0.6) is 0 Å². The molecule has 0 spiro atoms. The summed E-state index contributed by atoms with van der Waals surface area (Å²) < 4.78 is 19.0. The molecular weight excluding hydrogens is 251 g/mol. The molecular formula is C13H13FN2O3. The van der Waals surface area contributed by atoms with Gasteiger partial charge in [-0.25, -0.2) is 9.18 Å². The van der Waals surface area contributed by atoms with Gasteiger partial charge in [0.25, 0.3) is 0 Å². The smallest absolute Gasteiger partial charge is 0.337 e. The Bertz CT molecular complexity index is 596. The van der Waals surface area contributed by atoms with Gasteiger partial charge in [0.15, 0.2) is 0 Å². The number of carboxylic acids is 1. The Kier molecular flexibility index (Phi) is 3.41. The van der Waals surface area contributed by atoms with E-state index >= 15 is 0 Å². The Hall–Kier alpha value is -2.50. The molecule has 0 bridgehead atoms. The van der Waals surface area contributed by atoms with E-state index in [0.717, 1.165) is 6.07 Å². The zero-order chi connectivity index (χ0) is 14.0. The summed E-state index contributed by atoms with van der Waals surface area (Å²) in [6.07, 6.45) is 1.52. The molecule has 100 valence electrons. The highest BCUT2D eigenvalue weighted by Crippen LogP contribution is 2.26. The zero-order valence-electron chi connectivity index (χ0n) is 10.3. The van der Waals surface area contributed by atoms with Gasteiger partial charge in [0.2, 0.25) is 0 Å². The number of nitrogens with two attached hydrogens (primary N) is 1. The van der Waals surface area contributed by atoms with Crippen molar-refractivity contribution in [1.29, 1.82) is 0 Å². The van der Waals surface area contributed by atoms with Crippen molar-refractivity contribution in [3.05, 3.63) is 47.7 Å². The van der Waals surface area contributed by atoms with E-state index in [2.05, 4.69) is 0 Å². The number of nitrogens with zero attached hydrogens (tertiary/aromatic N) is 1. The van der Waals surface area contributed by atoms with E-state index < -0.39 is 11.8 Å². The maximum Gasteiger partial charge on any atom is 0.337 e. The minimum absolute atomic E-state index is 0.0971. The van der Waals surface area contributed by atoms with Crippen LogP contribution in [0.4, 0.5) is 15.8 Å². The van der Waals surface area contributed by atoms with Gasteiger partial charge in [0, 0.05) is 12.7 Å². The van der Waals surface area contributed by atoms with Gasteiger partial charge in [-0.2, -0.15) is 0 Å². The summed E-state index contributed by atoms with van der Waals surface area (Å²) in [6.45, 7) is 0.326. The predicted molar refractivity (Wildman–Crippen MR) is 68.6 cm³/mol. The standard InChI is InChI=1S/C13H13FN2O3/c1-16(7-8-3-2-4-19-8)12-5-9(13(17)18)11(15)6-10(12)14/h2-6H,7,15H2,1H3,(H,17,18). The van der Waals surface area contributed by atoms with E-state index in [-0.39, 0.29) is 16.9 Å². The monoisotopic (exact) mass is 264 g/mol. The van der Waals surface area contributed by atoms with Gasteiger partial charge in [-0.05, 0) is 24.3 Å². The van der Waals surface area contributed by atoms with Gasteiger partial charge >= 0.3 is 5.97 Å². The van der Waals surface area contributed by atoms with Crippen LogP contribution in [-0.4, -0.2) is 18.1 Å². The first kappa shape index (κ1) is 12.9. The molecule has 0 aliphatic heterocycles. The Balaban J connectivity index is 2.33. The highest BCUT2D eigenvalue weighted by atomic mass is 19.1. The maximum absolute atomic E-state index is 13.8. The fraction of sp³-hybridized carbons (Fsp3) is 0.154. The number of carbonyl (C=O) groups is 1. The fourth-order valence-corrected chi connectivity index (χ4v) is 1.78. The number of furan rings is 1. The van der Waals surface area contributed by atoms with Crippen LogP contribution in [0.3, 0.4) is 0 Å². The molecule has 0 aliphatic rings. The van der Waals surface area contributed by atoms with Crippen LogP contribution in [0, 0.1) is 5.82 Å². The molecule has 2 rings (SSSR count). The number of rotatable bonds is 4. The van der Waals surface area contributed by atoms with Crippen molar-refractivity contribution >= 4 is 17.3 Å². The normalized spacial score (nSPS) is 10.4. The molecule has 5 nitrogen and oxygen atoms in total. The van der Waals surface area contributed by atoms with E-state index in [1.165, 1.54) is 12.3 Å². The van der Waals surface area contributed by atoms with Crippen LogP contribution in [0.2, 0.25) is 0 Å². The SMILES string of the molecule is CN(Cc1ccco1)c1cc(C(=O)O)c(N)cc1F. The van der Waals surface area contributed by atoms with Crippen LogP contribution < -0.4 is 10.6 Å². The molecule has 0 atom stereocenters. The summed E-state index contributed by atoms with van der Waals surface area (Å²) in [5, 5.41) is 8.98. The second-order valence-corrected chi connectivity index (χ2v) is 4.13. The maximum atomic E-state index is 13.8. The van der Waals surface area contributed by atoms with E-state index in [9.17, 15) is 9.18 Å². The van der Waals surface area contributed by atoms with Crippen LogP contribution in [-0.2, 0) is 6.54 Å². The van der Waals surface area contributed by atoms with Crippen molar-refractivity contribution in [2.24, 2.45) is 0 Å². The van der Waals surface area contributed by atoms with Crippen molar-refractivity contribution in [2.75, 3.05) is 17.7 Å². The quantitative estimate of drug-likeness (QED) is 0.828. The van der Waals surface area contributed by atoms with E-state index in [1.807, 2.05) is 0 Å². The fourth-order valence-electron chi connectivity index (χ4n) is 1.78. The van der Waals surface area contributed by atoms with Crippen LogP contribution in [0.1, 0.15) is 16.1 Å². The molecule has 1 aromatic carbocycles. The lowest BCUT2D eigenvalue weighted by Crippen LogP contribution is -2.18. The van der Waals surface area contributed by atoms with Gasteiger partial charge in [0.05, 0.1) is 24.1 Å². The average molecular weight is 264 g/mol. The highest BCUT2D eigenvalue weighted by molar-refractivity contribution is 5.95. The van der Waals surface area contributed by atoms with Crippen LogP contribution >= 0.6 is 0 Å². The molecule has 3 N–H and O–H groups in total. The summed E-state index contributed by atoms with van der Waals surface area (Å²) in [7, 11) is 1.64. The first-order valence-corrected chi connectivity index (χ1v) is 5.55. The highest BCUT2D eigenvalue weighted by Gasteiger charge is 2.16. The Morgan fingerprint density at radius 2 is 2.26 bits per heavy atom. The third kappa shape index (κ3) is 2.67. The molecule has 0 unspecified atom stereocenters. The largest absolute Gasteiger partial charge is 0.478 e. The molecule has 0 saturated heterocycles. The first-order valence-electron chi connectivity index (χ1n) is 5.55. The van der Waals surface area contributed by atoms with Gasteiger partial charge in [-0.15, -0.1) is 0 Å². The Labute approximate surface area is 109 Å². The number of hydrogen-bond acceptors (Lipinski definition) is 4. The topological polar surface area (TPSA) is 79.7 Å². The third-order valence-electron chi connectivity index (χ3n) is 2.73. The minimum Gasteiger partial charge on any atom is -0.478 e. The third-order valence-corrected chi connectivity index (χ3v) is 2.73. The van der Waals surface area contributed by atoms with Crippen molar-refractivity contribution in [3.63, 3.8) is 0 Å². The number of aromatic carboxylic acids is 1. The summed E-state index contributed by atoms with van der Waals surface area (Å²) in [5.41, 5.74) is 5.41. The first-order chi connectivity index (χ1) is 8.99. The lowest BCUT2D eigenvalue weighted by molar-refractivity contribution is 0.0698. The number of benzene rings is 1. The molecule has 1 aromatic heterocycles. The van der Waals surface area contributed by atoms with Crippen molar-refractivity contribution in [1.82, 2.24) is 0 Å². The molecule has 1 heterocycles. The lowest BCUT2D eigenvalue weighted by Gasteiger charge is -2.19. The van der Waals surface area contributed by atoms with E-state index in [1.54, 1.807) is 24.1 Å². The predicted octanol–water partition coefficient (Wildman–Crippen LogP) is 2.34. The molecule has 2 aromatic rings. The second kappa shape index (κ2) is 5.01. The Morgan fingerprint density at radius 1 is 1.53 bits per heavy atom.